The van der Waals surface area contributed by atoms with Crippen LogP contribution in [0.25, 0.3) is 6.08 Å². The topological polar surface area (TPSA) is 0 Å². The Hall–Kier alpha value is -0.510. The lowest BCUT2D eigenvalue weighted by Crippen LogP contribution is -1.84. The predicted molar refractivity (Wildman–Crippen MR) is 88.3 cm³/mol. The van der Waals surface area contributed by atoms with Crippen molar-refractivity contribution in [2.45, 2.75) is 25.7 Å². The molecule has 0 atom stereocenters. The lowest BCUT2D eigenvalue weighted by molar-refractivity contribution is 1.44. The van der Waals surface area contributed by atoms with Crippen LogP contribution in [0, 0.1) is 6.92 Å². The monoisotopic (exact) mass is 293 g/mol. The first kappa shape index (κ1) is 13.9. The molecule has 0 aliphatic carbocycles. The molecule has 0 bridgehead atoms. The van der Waals surface area contributed by atoms with Gasteiger partial charge in [0.1, 0.15) is 0 Å². The van der Waals surface area contributed by atoms with Gasteiger partial charge in [-0.05, 0) is 47.6 Å². The third kappa shape index (κ3) is 3.74. The smallest absolute Gasteiger partial charge is 0.129 e. The van der Waals surface area contributed by atoms with Crippen molar-refractivity contribution in [3.05, 3.63) is 49.4 Å². The summed E-state index contributed by atoms with van der Waals surface area (Å²) in [6.45, 7) is 6.51. The minimum Gasteiger partial charge on any atom is -0.129 e. The Morgan fingerprint density at radius 1 is 1.11 bits per heavy atom. The Balaban J connectivity index is 2.38. The summed E-state index contributed by atoms with van der Waals surface area (Å²) in [4.78, 5) is 6.76. The number of thioether (sulfide) groups is 2. The number of aryl methyl sites for hydroxylation is 1. The summed E-state index contributed by atoms with van der Waals surface area (Å²) in [6.07, 6.45) is 8.92. The normalized spacial score (nSPS) is 15.2. The molecule has 0 saturated heterocycles. The van der Waals surface area contributed by atoms with E-state index in [0.29, 0.717) is 0 Å². The van der Waals surface area contributed by atoms with Crippen molar-refractivity contribution in [2.24, 2.45) is 0 Å². The first-order valence-electron chi connectivity index (χ1n) is 5.82. The van der Waals surface area contributed by atoms with Crippen molar-refractivity contribution in [1.29, 1.82) is 0 Å². The van der Waals surface area contributed by atoms with Crippen molar-refractivity contribution >= 4 is 40.9 Å². The van der Waals surface area contributed by atoms with E-state index in [0.717, 1.165) is 0 Å². The molecule has 0 spiro atoms. The first-order valence-corrected chi connectivity index (χ1v) is 8.67. The Morgan fingerprint density at radius 2 is 1.78 bits per heavy atom. The quantitative estimate of drug-likeness (QED) is 0.484. The number of rotatable bonds is 2. The highest BCUT2D eigenvalue weighted by atomic mass is 32.2. The highest BCUT2D eigenvalue weighted by molar-refractivity contribution is 8.06. The van der Waals surface area contributed by atoms with E-state index < -0.39 is 0 Å². The lowest BCUT2D eigenvalue weighted by Gasteiger charge is -2.08. The molecular formula is C15H17S3+. The summed E-state index contributed by atoms with van der Waals surface area (Å²) < 4.78 is 0. The van der Waals surface area contributed by atoms with Crippen molar-refractivity contribution in [3.63, 3.8) is 0 Å². The molecule has 0 fully saturated rings. The molecule has 0 N–H and O–H groups in total. The van der Waals surface area contributed by atoms with E-state index in [1.54, 1.807) is 11.8 Å². The molecule has 18 heavy (non-hydrogen) atoms. The SMILES string of the molecule is CSc1cc(C)[s+]c(C=C2C=C(C)SC(C)=C2)c1. The average Bonchev–Trinajstić information content (AvgIpc) is 2.26. The lowest BCUT2D eigenvalue weighted by atomic mass is 10.2. The van der Waals surface area contributed by atoms with Crippen LogP contribution in [-0.2, 0) is 0 Å². The molecule has 2 rings (SSSR count). The van der Waals surface area contributed by atoms with Crippen LogP contribution in [0.5, 0.6) is 0 Å². The highest BCUT2D eigenvalue weighted by Crippen LogP contribution is 2.33. The van der Waals surface area contributed by atoms with Crippen LogP contribution in [0.1, 0.15) is 23.6 Å². The number of hydrogen-bond donors (Lipinski definition) is 0. The number of allylic oxidation sites excluding steroid dienone is 5. The molecule has 0 aromatic carbocycles. The van der Waals surface area contributed by atoms with Gasteiger partial charge in [0, 0.05) is 30.0 Å². The van der Waals surface area contributed by atoms with Gasteiger partial charge in [0.25, 0.3) is 0 Å². The zero-order valence-electron chi connectivity index (χ0n) is 11.1. The summed E-state index contributed by atoms with van der Waals surface area (Å²) in [7, 11) is 0. The molecule has 0 amide bonds. The Bertz CT molecular complexity index is 531. The van der Waals surface area contributed by atoms with E-state index in [2.05, 4.69) is 57.4 Å². The largest absolute Gasteiger partial charge is 0.232 e. The molecule has 1 aliphatic rings. The molecule has 1 aliphatic heterocycles. The zero-order chi connectivity index (χ0) is 13.1. The van der Waals surface area contributed by atoms with Gasteiger partial charge in [0.05, 0.1) is 0 Å². The van der Waals surface area contributed by atoms with Gasteiger partial charge in [-0.25, -0.2) is 0 Å². The van der Waals surface area contributed by atoms with Crippen LogP contribution < -0.4 is 0 Å². The van der Waals surface area contributed by atoms with E-state index in [1.807, 2.05) is 23.1 Å². The standard InChI is InChI=1S/C15H17S3/c1-10-5-13(6-11(2)17-10)8-15-9-14(16-4)7-12(3)18-15/h5-9H,1-4H3/q+1. The van der Waals surface area contributed by atoms with Crippen LogP contribution in [-0.4, -0.2) is 6.26 Å². The molecule has 3 heteroatoms. The Kier molecular flexibility index (Phi) is 4.71. The van der Waals surface area contributed by atoms with E-state index in [4.69, 9.17) is 0 Å². The fourth-order valence-corrected chi connectivity index (χ4v) is 4.41. The highest BCUT2D eigenvalue weighted by Gasteiger charge is 2.11. The van der Waals surface area contributed by atoms with Crippen LogP contribution >= 0.6 is 34.9 Å². The molecule has 0 unspecified atom stereocenters. The van der Waals surface area contributed by atoms with Crippen molar-refractivity contribution in [1.82, 2.24) is 0 Å². The second-order valence-electron chi connectivity index (χ2n) is 4.27. The second kappa shape index (κ2) is 6.09. The summed E-state index contributed by atoms with van der Waals surface area (Å²) in [5, 5.41) is 0. The zero-order valence-corrected chi connectivity index (χ0v) is 13.6. The van der Waals surface area contributed by atoms with E-state index in [1.165, 1.54) is 30.0 Å². The maximum atomic E-state index is 2.28. The van der Waals surface area contributed by atoms with Gasteiger partial charge in [-0.1, -0.05) is 11.8 Å². The fourth-order valence-electron chi connectivity index (χ4n) is 1.89. The van der Waals surface area contributed by atoms with E-state index in [9.17, 15) is 0 Å². The van der Waals surface area contributed by atoms with Gasteiger partial charge >= 0.3 is 0 Å². The average molecular weight is 294 g/mol. The van der Waals surface area contributed by atoms with E-state index >= 15 is 0 Å². The molecule has 2 heterocycles. The molecule has 1 aromatic rings. The van der Waals surface area contributed by atoms with Gasteiger partial charge in [0.15, 0.2) is 0 Å². The van der Waals surface area contributed by atoms with Crippen molar-refractivity contribution in [2.75, 3.05) is 6.26 Å². The van der Waals surface area contributed by atoms with Gasteiger partial charge in [-0.3, -0.25) is 0 Å². The van der Waals surface area contributed by atoms with Crippen LogP contribution in [0.2, 0.25) is 0 Å². The third-order valence-corrected chi connectivity index (χ3v) is 5.01. The van der Waals surface area contributed by atoms with E-state index in [-0.39, 0.29) is 0 Å². The van der Waals surface area contributed by atoms with Crippen LogP contribution in [0.4, 0.5) is 0 Å². The van der Waals surface area contributed by atoms with Gasteiger partial charge < -0.3 is 0 Å². The fraction of sp³-hybridized carbons (Fsp3) is 0.267. The van der Waals surface area contributed by atoms with Gasteiger partial charge in [-0.15, -0.1) is 11.8 Å². The molecule has 0 radical (unpaired) electrons. The minimum atomic E-state index is 1.30. The molecular weight excluding hydrogens is 276 g/mol. The van der Waals surface area contributed by atoms with Crippen LogP contribution in [0.15, 0.2) is 44.6 Å². The maximum Gasteiger partial charge on any atom is 0.232 e. The van der Waals surface area contributed by atoms with Crippen molar-refractivity contribution < 1.29 is 0 Å². The van der Waals surface area contributed by atoms with Gasteiger partial charge in [0.2, 0.25) is 21.1 Å². The second-order valence-corrected chi connectivity index (χ2v) is 7.96. The summed E-state index contributed by atoms with van der Waals surface area (Å²) in [5.41, 5.74) is 1.30. The Labute approximate surface area is 122 Å². The maximum absolute atomic E-state index is 2.28. The van der Waals surface area contributed by atoms with Gasteiger partial charge in [-0.2, -0.15) is 0 Å². The summed E-state index contributed by atoms with van der Waals surface area (Å²) in [6, 6.07) is 4.51. The first-order chi connectivity index (χ1) is 8.56. The molecule has 94 valence electrons. The Morgan fingerprint density at radius 3 is 2.39 bits per heavy atom. The third-order valence-electron chi connectivity index (χ3n) is 2.52. The summed E-state index contributed by atoms with van der Waals surface area (Å²) >= 11 is 5.50. The molecule has 1 aromatic heterocycles. The number of hydrogen-bond acceptors (Lipinski definition) is 2. The molecule has 0 nitrogen and oxygen atoms in total. The minimum absolute atomic E-state index is 1.30. The van der Waals surface area contributed by atoms with Crippen LogP contribution in [0.3, 0.4) is 0 Å². The van der Waals surface area contributed by atoms with Crippen molar-refractivity contribution in [3.8, 4) is 0 Å². The predicted octanol–water partition coefficient (Wildman–Crippen LogP) is 6.00. The summed E-state index contributed by atoms with van der Waals surface area (Å²) in [5.74, 6) is 0. The molecule has 0 saturated carbocycles.